The van der Waals surface area contributed by atoms with Crippen molar-refractivity contribution < 1.29 is 9.59 Å². The predicted octanol–water partition coefficient (Wildman–Crippen LogP) is 4.02. The minimum absolute atomic E-state index is 0.121. The number of aryl methyl sites for hydroxylation is 1. The average molecular weight is 390 g/mol. The number of hydrogen-bond donors (Lipinski definition) is 1. The number of fused-ring (bicyclic) bond motifs is 1. The number of imidazole rings is 1. The van der Waals surface area contributed by atoms with Crippen molar-refractivity contribution in [2.45, 2.75) is 33.1 Å². The molecule has 3 heterocycles. The molecule has 1 fully saturated rings. The summed E-state index contributed by atoms with van der Waals surface area (Å²) in [6, 6.07) is 13.3. The Labute approximate surface area is 170 Å². The van der Waals surface area contributed by atoms with Crippen LogP contribution in [-0.2, 0) is 6.42 Å². The van der Waals surface area contributed by atoms with Gasteiger partial charge in [0, 0.05) is 25.0 Å². The highest BCUT2D eigenvalue weighted by Gasteiger charge is 2.27. The zero-order valence-electron chi connectivity index (χ0n) is 16.9. The summed E-state index contributed by atoms with van der Waals surface area (Å²) < 4.78 is 1.72. The van der Waals surface area contributed by atoms with Crippen molar-refractivity contribution in [1.29, 1.82) is 0 Å². The lowest BCUT2D eigenvalue weighted by atomic mass is 9.99. The standard InChI is InChI=1S/C23H26N4O2/c1-3-17-7-9-18(10-8-17)24-22(28)20-19-6-4-5-13-27(19)21(25-20)23(29)26-14-11-16(2)12-15-26/h4-10,13,16H,3,11-12,14-15H2,1-2H3,(H,24,28). The number of piperidine rings is 1. The minimum Gasteiger partial charge on any atom is -0.336 e. The first kappa shape index (κ1) is 19.2. The Kier molecular flexibility index (Phi) is 5.34. The third-order valence-electron chi connectivity index (χ3n) is 5.65. The molecule has 2 aromatic heterocycles. The van der Waals surface area contributed by atoms with E-state index in [4.69, 9.17) is 0 Å². The van der Waals surface area contributed by atoms with Crippen LogP contribution in [0.2, 0.25) is 0 Å². The molecule has 0 atom stereocenters. The fourth-order valence-electron chi connectivity index (χ4n) is 3.72. The Morgan fingerprint density at radius 3 is 2.52 bits per heavy atom. The van der Waals surface area contributed by atoms with E-state index in [0.29, 0.717) is 22.9 Å². The molecule has 3 aromatic rings. The number of nitrogens with one attached hydrogen (secondary N) is 1. The minimum atomic E-state index is -0.315. The van der Waals surface area contributed by atoms with E-state index in [1.54, 1.807) is 10.6 Å². The van der Waals surface area contributed by atoms with Crippen LogP contribution in [0.4, 0.5) is 5.69 Å². The molecule has 0 spiro atoms. The number of hydrogen-bond acceptors (Lipinski definition) is 3. The van der Waals surface area contributed by atoms with Crippen LogP contribution in [-0.4, -0.2) is 39.2 Å². The second-order valence-electron chi connectivity index (χ2n) is 7.72. The molecule has 150 valence electrons. The Hall–Kier alpha value is -3.15. The number of anilines is 1. The summed E-state index contributed by atoms with van der Waals surface area (Å²) in [5, 5.41) is 2.90. The number of carbonyl (C=O) groups excluding carboxylic acids is 2. The average Bonchev–Trinajstić information content (AvgIpc) is 3.14. The molecular weight excluding hydrogens is 364 g/mol. The third-order valence-corrected chi connectivity index (χ3v) is 5.65. The summed E-state index contributed by atoms with van der Waals surface area (Å²) in [6.45, 7) is 5.76. The van der Waals surface area contributed by atoms with Crippen molar-refractivity contribution in [2.24, 2.45) is 5.92 Å². The second-order valence-corrected chi connectivity index (χ2v) is 7.72. The predicted molar refractivity (Wildman–Crippen MR) is 113 cm³/mol. The molecule has 4 rings (SSSR count). The number of aromatic nitrogens is 2. The van der Waals surface area contributed by atoms with Crippen molar-refractivity contribution in [2.75, 3.05) is 18.4 Å². The first-order valence-corrected chi connectivity index (χ1v) is 10.2. The van der Waals surface area contributed by atoms with Gasteiger partial charge in [-0.3, -0.25) is 14.0 Å². The summed E-state index contributed by atoms with van der Waals surface area (Å²) in [4.78, 5) is 32.3. The van der Waals surface area contributed by atoms with E-state index in [1.165, 1.54) is 5.56 Å². The van der Waals surface area contributed by atoms with Gasteiger partial charge in [-0.2, -0.15) is 0 Å². The van der Waals surface area contributed by atoms with Gasteiger partial charge in [-0.25, -0.2) is 4.98 Å². The van der Waals surface area contributed by atoms with E-state index in [-0.39, 0.29) is 17.5 Å². The van der Waals surface area contributed by atoms with E-state index >= 15 is 0 Å². The number of carbonyl (C=O) groups is 2. The quantitative estimate of drug-likeness (QED) is 0.732. The lowest BCUT2D eigenvalue weighted by Crippen LogP contribution is -2.38. The van der Waals surface area contributed by atoms with Crippen LogP contribution in [0, 0.1) is 5.92 Å². The van der Waals surface area contributed by atoms with Crippen molar-refractivity contribution in [1.82, 2.24) is 14.3 Å². The molecule has 6 heteroatoms. The van der Waals surface area contributed by atoms with Crippen LogP contribution in [0.3, 0.4) is 0 Å². The van der Waals surface area contributed by atoms with Crippen molar-refractivity contribution in [3.8, 4) is 0 Å². The Morgan fingerprint density at radius 2 is 1.83 bits per heavy atom. The first-order valence-electron chi connectivity index (χ1n) is 10.2. The van der Waals surface area contributed by atoms with Crippen LogP contribution < -0.4 is 5.32 Å². The second kappa shape index (κ2) is 8.07. The number of benzene rings is 1. The number of nitrogens with zero attached hydrogens (tertiary/aromatic N) is 3. The van der Waals surface area contributed by atoms with Gasteiger partial charge in [-0.05, 0) is 55.0 Å². The molecule has 1 saturated heterocycles. The van der Waals surface area contributed by atoms with Gasteiger partial charge in [-0.15, -0.1) is 0 Å². The number of amides is 2. The Bertz CT molecular complexity index is 1030. The summed E-state index contributed by atoms with van der Waals surface area (Å²) in [5.74, 6) is 0.492. The van der Waals surface area contributed by atoms with E-state index < -0.39 is 0 Å². The molecule has 1 aliphatic heterocycles. The molecule has 0 aliphatic carbocycles. The molecule has 1 aromatic carbocycles. The Morgan fingerprint density at radius 1 is 1.10 bits per heavy atom. The molecule has 0 bridgehead atoms. The molecule has 1 aliphatic rings. The summed E-state index contributed by atoms with van der Waals surface area (Å²) in [6.07, 6.45) is 4.72. The molecule has 6 nitrogen and oxygen atoms in total. The molecule has 0 radical (unpaired) electrons. The summed E-state index contributed by atoms with van der Waals surface area (Å²) in [5.41, 5.74) is 2.81. The van der Waals surface area contributed by atoms with Crippen LogP contribution in [0.5, 0.6) is 0 Å². The van der Waals surface area contributed by atoms with Gasteiger partial charge in [0.15, 0.2) is 5.69 Å². The lowest BCUT2D eigenvalue weighted by Gasteiger charge is -2.29. The topological polar surface area (TPSA) is 66.7 Å². The maximum Gasteiger partial charge on any atom is 0.290 e. The van der Waals surface area contributed by atoms with E-state index in [1.807, 2.05) is 47.4 Å². The van der Waals surface area contributed by atoms with Crippen LogP contribution in [0.25, 0.3) is 5.52 Å². The smallest absolute Gasteiger partial charge is 0.290 e. The van der Waals surface area contributed by atoms with Crippen molar-refractivity contribution >= 4 is 23.0 Å². The fraction of sp³-hybridized carbons (Fsp3) is 0.348. The van der Waals surface area contributed by atoms with Gasteiger partial charge in [-0.1, -0.05) is 32.0 Å². The molecule has 29 heavy (non-hydrogen) atoms. The first-order chi connectivity index (χ1) is 14.1. The number of rotatable bonds is 4. The monoisotopic (exact) mass is 390 g/mol. The van der Waals surface area contributed by atoms with Gasteiger partial charge < -0.3 is 10.2 Å². The van der Waals surface area contributed by atoms with Gasteiger partial charge in [0.25, 0.3) is 11.8 Å². The molecule has 0 saturated carbocycles. The number of likely N-dealkylation sites (tertiary alicyclic amines) is 1. The van der Waals surface area contributed by atoms with Gasteiger partial charge in [0.1, 0.15) is 0 Å². The summed E-state index contributed by atoms with van der Waals surface area (Å²) in [7, 11) is 0. The van der Waals surface area contributed by atoms with E-state index in [9.17, 15) is 9.59 Å². The highest BCUT2D eigenvalue weighted by Crippen LogP contribution is 2.21. The van der Waals surface area contributed by atoms with Crippen LogP contribution in [0.15, 0.2) is 48.7 Å². The fourth-order valence-corrected chi connectivity index (χ4v) is 3.72. The Balaban J connectivity index is 1.63. The zero-order chi connectivity index (χ0) is 20.4. The lowest BCUT2D eigenvalue weighted by molar-refractivity contribution is 0.0684. The molecular formula is C23H26N4O2. The highest BCUT2D eigenvalue weighted by molar-refractivity contribution is 6.08. The maximum absolute atomic E-state index is 13.1. The molecule has 0 unspecified atom stereocenters. The molecule has 1 N–H and O–H groups in total. The van der Waals surface area contributed by atoms with Gasteiger partial charge in [0.05, 0.1) is 5.52 Å². The van der Waals surface area contributed by atoms with Crippen molar-refractivity contribution in [3.63, 3.8) is 0 Å². The number of pyridine rings is 1. The van der Waals surface area contributed by atoms with Gasteiger partial charge in [0.2, 0.25) is 5.82 Å². The zero-order valence-corrected chi connectivity index (χ0v) is 16.9. The SMILES string of the molecule is CCc1ccc(NC(=O)c2nc(C(=O)N3CCC(C)CC3)n3ccccc23)cc1. The summed E-state index contributed by atoms with van der Waals surface area (Å²) >= 11 is 0. The third kappa shape index (κ3) is 3.88. The van der Waals surface area contributed by atoms with E-state index in [2.05, 4.69) is 24.1 Å². The highest BCUT2D eigenvalue weighted by atomic mass is 16.2. The van der Waals surface area contributed by atoms with Gasteiger partial charge >= 0.3 is 0 Å². The normalized spacial score (nSPS) is 14.9. The maximum atomic E-state index is 13.1. The van der Waals surface area contributed by atoms with E-state index in [0.717, 1.165) is 32.4 Å². The largest absolute Gasteiger partial charge is 0.336 e. The van der Waals surface area contributed by atoms with Crippen LogP contribution in [0.1, 0.15) is 53.4 Å². The van der Waals surface area contributed by atoms with Crippen LogP contribution >= 0.6 is 0 Å². The molecule has 2 amide bonds. The van der Waals surface area contributed by atoms with Crippen molar-refractivity contribution in [3.05, 3.63) is 65.7 Å².